The first-order valence-corrected chi connectivity index (χ1v) is 6.99. The smallest absolute Gasteiger partial charge is 0.305 e. The standard InChI is InChI=1S/C16H23NO3/c1-12(2)4-9-15(18)17(11-10-16(19)20)14-7-5-13(3)6-8-14/h5-8,12H,4,9-11H2,1-3H3,(H,19,20). The Morgan fingerprint density at radius 2 is 1.75 bits per heavy atom. The van der Waals surface area contributed by atoms with Crippen molar-refractivity contribution >= 4 is 17.6 Å². The average molecular weight is 277 g/mol. The lowest BCUT2D eigenvalue weighted by Crippen LogP contribution is -2.33. The molecule has 0 aliphatic heterocycles. The zero-order valence-electron chi connectivity index (χ0n) is 12.4. The van der Waals surface area contributed by atoms with Crippen LogP contribution in [0.1, 0.15) is 38.7 Å². The Morgan fingerprint density at radius 1 is 1.15 bits per heavy atom. The molecule has 0 aliphatic carbocycles. The highest BCUT2D eigenvalue weighted by Gasteiger charge is 2.17. The second kappa shape index (κ2) is 7.68. The summed E-state index contributed by atoms with van der Waals surface area (Å²) in [6.45, 7) is 6.34. The summed E-state index contributed by atoms with van der Waals surface area (Å²) in [6.07, 6.45) is 1.22. The molecule has 1 amide bonds. The lowest BCUT2D eigenvalue weighted by Gasteiger charge is -2.23. The van der Waals surface area contributed by atoms with Gasteiger partial charge in [-0.25, -0.2) is 0 Å². The average Bonchev–Trinajstić information content (AvgIpc) is 2.38. The van der Waals surface area contributed by atoms with Gasteiger partial charge in [0.15, 0.2) is 0 Å². The Morgan fingerprint density at radius 3 is 2.25 bits per heavy atom. The fourth-order valence-corrected chi connectivity index (χ4v) is 1.88. The molecule has 4 heteroatoms. The van der Waals surface area contributed by atoms with Gasteiger partial charge < -0.3 is 10.0 Å². The van der Waals surface area contributed by atoms with Crippen LogP contribution in [0.2, 0.25) is 0 Å². The largest absolute Gasteiger partial charge is 0.481 e. The van der Waals surface area contributed by atoms with Crippen molar-refractivity contribution in [2.75, 3.05) is 11.4 Å². The summed E-state index contributed by atoms with van der Waals surface area (Å²) in [5.41, 5.74) is 1.88. The molecule has 20 heavy (non-hydrogen) atoms. The van der Waals surface area contributed by atoms with Crippen molar-refractivity contribution in [3.8, 4) is 0 Å². The van der Waals surface area contributed by atoms with Crippen LogP contribution in [0.5, 0.6) is 0 Å². The van der Waals surface area contributed by atoms with Crippen LogP contribution in [0.25, 0.3) is 0 Å². The second-order valence-electron chi connectivity index (χ2n) is 5.46. The van der Waals surface area contributed by atoms with E-state index in [-0.39, 0.29) is 18.9 Å². The van der Waals surface area contributed by atoms with Crippen LogP contribution >= 0.6 is 0 Å². The Balaban J connectivity index is 2.81. The third kappa shape index (κ3) is 5.43. The molecule has 1 rings (SSSR count). The highest BCUT2D eigenvalue weighted by Crippen LogP contribution is 2.18. The molecule has 4 nitrogen and oxygen atoms in total. The summed E-state index contributed by atoms with van der Waals surface area (Å²) in [5, 5.41) is 8.82. The Hall–Kier alpha value is -1.84. The zero-order valence-corrected chi connectivity index (χ0v) is 12.4. The summed E-state index contributed by atoms with van der Waals surface area (Å²) < 4.78 is 0. The van der Waals surface area contributed by atoms with E-state index in [0.29, 0.717) is 12.3 Å². The molecule has 0 radical (unpaired) electrons. The van der Waals surface area contributed by atoms with Crippen molar-refractivity contribution < 1.29 is 14.7 Å². The van der Waals surface area contributed by atoms with Crippen molar-refractivity contribution in [2.45, 2.75) is 40.0 Å². The molecular formula is C16H23NO3. The topological polar surface area (TPSA) is 57.6 Å². The minimum Gasteiger partial charge on any atom is -0.481 e. The quantitative estimate of drug-likeness (QED) is 0.832. The van der Waals surface area contributed by atoms with Gasteiger partial charge in [0.25, 0.3) is 0 Å². The van der Waals surface area contributed by atoms with Gasteiger partial charge in [-0.2, -0.15) is 0 Å². The normalized spacial score (nSPS) is 10.6. The van der Waals surface area contributed by atoms with E-state index < -0.39 is 5.97 Å². The molecule has 0 heterocycles. The van der Waals surface area contributed by atoms with Gasteiger partial charge in [-0.3, -0.25) is 9.59 Å². The maximum atomic E-state index is 12.3. The number of hydrogen-bond acceptors (Lipinski definition) is 2. The maximum absolute atomic E-state index is 12.3. The minimum absolute atomic E-state index is 0.0104. The molecule has 0 atom stereocenters. The molecule has 1 aromatic rings. The number of aryl methyl sites for hydroxylation is 1. The summed E-state index contributed by atoms with van der Waals surface area (Å²) in [6, 6.07) is 7.59. The molecule has 0 spiro atoms. The fourth-order valence-electron chi connectivity index (χ4n) is 1.88. The minimum atomic E-state index is -0.890. The number of nitrogens with zero attached hydrogens (tertiary/aromatic N) is 1. The first-order valence-electron chi connectivity index (χ1n) is 6.99. The number of carboxylic acid groups (broad SMARTS) is 1. The summed E-state index contributed by atoms with van der Waals surface area (Å²) in [7, 11) is 0. The van der Waals surface area contributed by atoms with Gasteiger partial charge in [0.05, 0.1) is 6.42 Å². The van der Waals surface area contributed by atoms with Gasteiger partial charge in [0.1, 0.15) is 0 Å². The van der Waals surface area contributed by atoms with E-state index in [2.05, 4.69) is 13.8 Å². The second-order valence-corrected chi connectivity index (χ2v) is 5.46. The van der Waals surface area contributed by atoms with E-state index in [1.54, 1.807) is 4.90 Å². The highest BCUT2D eigenvalue weighted by atomic mass is 16.4. The highest BCUT2D eigenvalue weighted by molar-refractivity contribution is 5.93. The van der Waals surface area contributed by atoms with Crippen LogP contribution in [0.15, 0.2) is 24.3 Å². The van der Waals surface area contributed by atoms with E-state index in [1.165, 1.54) is 0 Å². The Bertz CT molecular complexity index is 451. The van der Waals surface area contributed by atoms with Crippen LogP contribution in [0, 0.1) is 12.8 Å². The zero-order chi connectivity index (χ0) is 15.1. The molecule has 1 N–H and O–H groups in total. The number of amides is 1. The molecule has 0 bridgehead atoms. The van der Waals surface area contributed by atoms with E-state index in [0.717, 1.165) is 17.7 Å². The van der Waals surface area contributed by atoms with Crippen molar-refractivity contribution in [3.05, 3.63) is 29.8 Å². The van der Waals surface area contributed by atoms with Crippen LogP contribution in [0.4, 0.5) is 5.69 Å². The molecule has 0 aliphatic rings. The molecule has 0 fully saturated rings. The van der Waals surface area contributed by atoms with E-state index in [4.69, 9.17) is 5.11 Å². The Kier molecular flexibility index (Phi) is 6.22. The Labute approximate surface area is 120 Å². The van der Waals surface area contributed by atoms with Crippen LogP contribution in [0.3, 0.4) is 0 Å². The lowest BCUT2D eigenvalue weighted by molar-refractivity contribution is -0.136. The van der Waals surface area contributed by atoms with E-state index >= 15 is 0 Å². The predicted octanol–water partition coefficient (Wildman–Crippen LogP) is 3.24. The first kappa shape index (κ1) is 16.2. The van der Waals surface area contributed by atoms with Crippen LogP contribution in [-0.2, 0) is 9.59 Å². The molecule has 110 valence electrons. The van der Waals surface area contributed by atoms with Crippen molar-refractivity contribution in [1.82, 2.24) is 0 Å². The molecule has 1 aromatic carbocycles. The first-order chi connectivity index (χ1) is 9.40. The monoisotopic (exact) mass is 277 g/mol. The van der Waals surface area contributed by atoms with Gasteiger partial charge in [0, 0.05) is 18.7 Å². The number of carboxylic acids is 1. The lowest BCUT2D eigenvalue weighted by atomic mass is 10.1. The number of carbonyl (C=O) groups is 2. The number of carbonyl (C=O) groups excluding carboxylic acids is 1. The summed E-state index contributed by atoms with van der Waals surface area (Å²) in [5.74, 6) is -0.444. The van der Waals surface area contributed by atoms with Gasteiger partial charge in [-0.1, -0.05) is 31.5 Å². The molecule has 0 saturated carbocycles. The summed E-state index contributed by atoms with van der Waals surface area (Å²) >= 11 is 0. The number of benzene rings is 1. The fraction of sp³-hybridized carbons (Fsp3) is 0.500. The van der Waals surface area contributed by atoms with Crippen molar-refractivity contribution in [3.63, 3.8) is 0 Å². The molecule has 0 aromatic heterocycles. The number of aliphatic carboxylic acids is 1. The number of anilines is 1. The third-order valence-corrected chi connectivity index (χ3v) is 3.13. The van der Waals surface area contributed by atoms with E-state index in [9.17, 15) is 9.59 Å². The maximum Gasteiger partial charge on any atom is 0.305 e. The van der Waals surface area contributed by atoms with Crippen LogP contribution < -0.4 is 4.90 Å². The van der Waals surface area contributed by atoms with Gasteiger partial charge in [-0.05, 0) is 31.4 Å². The molecule has 0 unspecified atom stereocenters. The number of hydrogen-bond donors (Lipinski definition) is 1. The van der Waals surface area contributed by atoms with Gasteiger partial charge in [-0.15, -0.1) is 0 Å². The number of rotatable bonds is 7. The van der Waals surface area contributed by atoms with E-state index in [1.807, 2.05) is 31.2 Å². The van der Waals surface area contributed by atoms with Crippen molar-refractivity contribution in [2.24, 2.45) is 5.92 Å². The molecule has 0 saturated heterocycles. The SMILES string of the molecule is Cc1ccc(N(CCC(=O)O)C(=O)CCC(C)C)cc1. The van der Waals surface area contributed by atoms with Gasteiger partial charge in [0.2, 0.25) is 5.91 Å². The van der Waals surface area contributed by atoms with Crippen LogP contribution in [-0.4, -0.2) is 23.5 Å². The third-order valence-electron chi connectivity index (χ3n) is 3.13. The van der Waals surface area contributed by atoms with Crippen molar-refractivity contribution in [1.29, 1.82) is 0 Å². The summed E-state index contributed by atoms with van der Waals surface area (Å²) in [4.78, 5) is 24.6. The molecular weight excluding hydrogens is 254 g/mol. The predicted molar refractivity (Wildman–Crippen MR) is 79.9 cm³/mol. The van der Waals surface area contributed by atoms with Gasteiger partial charge >= 0.3 is 5.97 Å².